The normalized spacial score (nSPS) is 10.4. The molecule has 0 fully saturated rings. The minimum atomic E-state index is -0.488. The molecule has 146 valence electrons. The summed E-state index contributed by atoms with van der Waals surface area (Å²) < 4.78 is 17.3. The molecule has 6 nitrogen and oxygen atoms in total. The first kappa shape index (κ1) is 21.0. The second-order valence-corrected chi connectivity index (χ2v) is 6.85. The van der Waals surface area contributed by atoms with Gasteiger partial charge >= 0.3 is 5.97 Å². The standard InChI is InChI=1S/C20H25BrN2O4/c1-6-10-23(7-2)15-11-13(3)22-19(18(15)20(24)26-5)27-16-9-8-14(21)12-17(16)25-4/h8-9,11-12H,6-7,10H2,1-5H3. The molecule has 0 saturated heterocycles. The quantitative estimate of drug-likeness (QED) is 0.543. The molecular weight excluding hydrogens is 412 g/mol. The fraction of sp³-hybridized carbons (Fsp3) is 0.400. The Kier molecular flexibility index (Phi) is 7.47. The molecule has 7 heteroatoms. The smallest absolute Gasteiger partial charge is 0.345 e. The van der Waals surface area contributed by atoms with Gasteiger partial charge < -0.3 is 19.1 Å². The average Bonchev–Trinajstić information content (AvgIpc) is 2.66. The van der Waals surface area contributed by atoms with Crippen LogP contribution in [0.2, 0.25) is 0 Å². The molecule has 0 radical (unpaired) electrons. The number of benzene rings is 1. The Bertz CT molecular complexity index is 811. The lowest BCUT2D eigenvalue weighted by molar-refractivity contribution is 0.0597. The van der Waals surface area contributed by atoms with E-state index < -0.39 is 5.97 Å². The predicted molar refractivity (Wildman–Crippen MR) is 109 cm³/mol. The van der Waals surface area contributed by atoms with Crippen molar-refractivity contribution >= 4 is 27.6 Å². The lowest BCUT2D eigenvalue weighted by Gasteiger charge is -2.26. The summed E-state index contributed by atoms with van der Waals surface area (Å²) in [6.07, 6.45) is 0.951. The topological polar surface area (TPSA) is 60.9 Å². The number of esters is 1. The maximum absolute atomic E-state index is 12.6. The molecule has 0 N–H and O–H groups in total. The van der Waals surface area contributed by atoms with Crippen molar-refractivity contribution in [1.29, 1.82) is 0 Å². The number of nitrogens with zero attached hydrogens (tertiary/aromatic N) is 2. The molecule has 1 heterocycles. The summed E-state index contributed by atoms with van der Waals surface area (Å²) in [7, 11) is 2.91. The molecule has 0 bridgehead atoms. The van der Waals surface area contributed by atoms with Gasteiger partial charge in [-0.15, -0.1) is 0 Å². The van der Waals surface area contributed by atoms with Gasteiger partial charge in [0.2, 0.25) is 5.88 Å². The van der Waals surface area contributed by atoms with E-state index in [2.05, 4.69) is 32.7 Å². The van der Waals surface area contributed by atoms with E-state index in [1.54, 1.807) is 19.2 Å². The molecule has 0 amide bonds. The summed E-state index contributed by atoms with van der Waals surface area (Å²) in [5.41, 5.74) is 1.81. The molecule has 0 saturated carbocycles. The molecular formula is C20H25BrN2O4. The zero-order valence-corrected chi connectivity index (χ0v) is 17.9. The van der Waals surface area contributed by atoms with E-state index in [1.807, 2.05) is 26.0 Å². The van der Waals surface area contributed by atoms with Crippen molar-refractivity contribution in [2.24, 2.45) is 0 Å². The summed E-state index contributed by atoms with van der Waals surface area (Å²) in [4.78, 5) is 19.2. The van der Waals surface area contributed by atoms with Crippen molar-refractivity contribution in [2.45, 2.75) is 27.2 Å². The maximum atomic E-state index is 12.6. The second-order valence-electron chi connectivity index (χ2n) is 5.93. The van der Waals surface area contributed by atoms with Gasteiger partial charge in [-0.3, -0.25) is 0 Å². The minimum Gasteiger partial charge on any atom is -0.493 e. The van der Waals surface area contributed by atoms with Gasteiger partial charge in [0.1, 0.15) is 5.56 Å². The number of anilines is 1. The zero-order valence-electron chi connectivity index (χ0n) is 16.3. The number of ether oxygens (including phenoxy) is 3. The van der Waals surface area contributed by atoms with E-state index >= 15 is 0 Å². The van der Waals surface area contributed by atoms with Crippen LogP contribution in [-0.2, 0) is 4.74 Å². The number of pyridine rings is 1. The van der Waals surface area contributed by atoms with Crippen molar-refractivity contribution in [3.63, 3.8) is 0 Å². The molecule has 0 aliphatic carbocycles. The van der Waals surface area contributed by atoms with Crippen LogP contribution in [-0.4, -0.2) is 38.3 Å². The van der Waals surface area contributed by atoms with Crippen LogP contribution in [0.3, 0.4) is 0 Å². The molecule has 0 spiro atoms. The van der Waals surface area contributed by atoms with Crippen molar-refractivity contribution in [1.82, 2.24) is 4.98 Å². The number of halogens is 1. The zero-order chi connectivity index (χ0) is 20.0. The summed E-state index contributed by atoms with van der Waals surface area (Å²) in [6, 6.07) is 7.27. The number of aromatic nitrogens is 1. The Morgan fingerprint density at radius 1 is 1.19 bits per heavy atom. The Hall–Kier alpha value is -2.28. The number of hydrogen-bond donors (Lipinski definition) is 0. The van der Waals surface area contributed by atoms with Crippen molar-refractivity contribution < 1.29 is 19.0 Å². The van der Waals surface area contributed by atoms with Crippen molar-refractivity contribution in [3.05, 3.63) is 40.0 Å². The third kappa shape index (κ3) is 4.91. The highest BCUT2D eigenvalue weighted by molar-refractivity contribution is 9.10. The summed E-state index contributed by atoms with van der Waals surface area (Å²) in [5, 5.41) is 0. The lowest BCUT2D eigenvalue weighted by atomic mass is 10.1. The lowest BCUT2D eigenvalue weighted by Crippen LogP contribution is -2.26. The first-order valence-corrected chi connectivity index (χ1v) is 9.60. The SMILES string of the molecule is CCCN(CC)c1cc(C)nc(Oc2ccc(Br)cc2OC)c1C(=O)OC. The molecule has 1 aromatic carbocycles. The largest absolute Gasteiger partial charge is 0.493 e. The number of aryl methyl sites for hydroxylation is 1. The molecule has 0 unspecified atom stereocenters. The van der Waals surface area contributed by atoms with E-state index in [4.69, 9.17) is 14.2 Å². The monoisotopic (exact) mass is 436 g/mol. The minimum absolute atomic E-state index is 0.201. The van der Waals surface area contributed by atoms with E-state index in [0.29, 0.717) is 17.1 Å². The Morgan fingerprint density at radius 2 is 1.93 bits per heavy atom. The Morgan fingerprint density at radius 3 is 2.52 bits per heavy atom. The van der Waals surface area contributed by atoms with E-state index in [1.165, 1.54) is 7.11 Å². The van der Waals surface area contributed by atoms with Crippen molar-refractivity contribution in [2.75, 3.05) is 32.2 Å². The Balaban J connectivity index is 2.61. The van der Waals surface area contributed by atoms with Crippen LogP contribution < -0.4 is 14.4 Å². The third-order valence-electron chi connectivity index (χ3n) is 4.03. The molecule has 1 aromatic heterocycles. The van der Waals surface area contributed by atoms with Crippen LogP contribution in [0.15, 0.2) is 28.7 Å². The van der Waals surface area contributed by atoms with Crippen LogP contribution in [0, 0.1) is 6.92 Å². The third-order valence-corrected chi connectivity index (χ3v) is 4.52. The molecule has 0 aliphatic heterocycles. The number of methoxy groups -OCH3 is 2. The van der Waals surface area contributed by atoms with Gasteiger partial charge in [-0.05, 0) is 44.5 Å². The molecule has 0 atom stereocenters. The van der Waals surface area contributed by atoms with Gasteiger partial charge in [-0.2, -0.15) is 0 Å². The molecule has 27 heavy (non-hydrogen) atoms. The molecule has 0 aliphatic rings. The van der Waals surface area contributed by atoms with E-state index in [9.17, 15) is 4.79 Å². The maximum Gasteiger partial charge on any atom is 0.345 e. The number of rotatable bonds is 8. The van der Waals surface area contributed by atoms with Gasteiger partial charge in [-0.1, -0.05) is 22.9 Å². The summed E-state index contributed by atoms with van der Waals surface area (Å²) in [5.74, 6) is 0.713. The van der Waals surface area contributed by atoms with Gasteiger partial charge in [0.05, 0.1) is 19.9 Å². The van der Waals surface area contributed by atoms with Crippen LogP contribution in [0.4, 0.5) is 5.69 Å². The highest BCUT2D eigenvalue weighted by Gasteiger charge is 2.25. The highest BCUT2D eigenvalue weighted by Crippen LogP contribution is 2.37. The summed E-state index contributed by atoms with van der Waals surface area (Å²) in [6.45, 7) is 7.58. The Labute approximate surface area is 168 Å². The number of carbonyl (C=O) groups excluding carboxylic acids is 1. The average molecular weight is 437 g/mol. The second kappa shape index (κ2) is 9.60. The first-order valence-electron chi connectivity index (χ1n) is 8.81. The molecule has 2 aromatic rings. The van der Waals surface area contributed by atoms with Gasteiger partial charge in [-0.25, -0.2) is 9.78 Å². The first-order chi connectivity index (χ1) is 12.9. The number of hydrogen-bond acceptors (Lipinski definition) is 6. The highest BCUT2D eigenvalue weighted by atomic mass is 79.9. The number of carbonyl (C=O) groups is 1. The van der Waals surface area contributed by atoms with Crippen LogP contribution >= 0.6 is 15.9 Å². The fourth-order valence-corrected chi connectivity index (χ4v) is 3.13. The van der Waals surface area contributed by atoms with E-state index in [0.717, 1.165) is 35.4 Å². The van der Waals surface area contributed by atoms with Crippen LogP contribution in [0.25, 0.3) is 0 Å². The van der Waals surface area contributed by atoms with E-state index in [-0.39, 0.29) is 5.88 Å². The predicted octanol–water partition coefficient (Wildman–Crippen LogP) is 4.98. The van der Waals surface area contributed by atoms with Gasteiger partial charge in [0, 0.05) is 23.3 Å². The van der Waals surface area contributed by atoms with Crippen LogP contribution in [0.5, 0.6) is 17.4 Å². The summed E-state index contributed by atoms with van der Waals surface area (Å²) >= 11 is 3.41. The molecule has 2 rings (SSSR count). The van der Waals surface area contributed by atoms with Gasteiger partial charge in [0.25, 0.3) is 0 Å². The van der Waals surface area contributed by atoms with Crippen molar-refractivity contribution in [3.8, 4) is 17.4 Å². The fourth-order valence-electron chi connectivity index (χ4n) is 2.79. The van der Waals surface area contributed by atoms with Crippen LogP contribution in [0.1, 0.15) is 36.3 Å². The van der Waals surface area contributed by atoms with Gasteiger partial charge in [0.15, 0.2) is 11.5 Å².